The zero-order valence-electron chi connectivity index (χ0n) is 12.3. The molecule has 24 heavy (non-hydrogen) atoms. The van der Waals surface area contributed by atoms with Gasteiger partial charge in [0.1, 0.15) is 5.82 Å². The number of nitrogens with zero attached hydrogens (tertiary/aromatic N) is 2. The lowest BCUT2D eigenvalue weighted by Gasteiger charge is -2.22. The summed E-state index contributed by atoms with van der Waals surface area (Å²) in [7, 11) is -3.82. The first-order valence-corrected chi connectivity index (χ1v) is 9.59. The Balaban J connectivity index is 2.05. The number of sulfonamides is 1. The molecule has 0 bridgehead atoms. The molecule has 0 unspecified atom stereocenters. The molecule has 0 radical (unpaired) electrons. The first-order valence-electron chi connectivity index (χ1n) is 6.90. The van der Waals surface area contributed by atoms with Gasteiger partial charge >= 0.3 is 0 Å². The second-order valence-electron chi connectivity index (χ2n) is 4.88. The van der Waals surface area contributed by atoms with Crippen LogP contribution in [0.2, 0.25) is 5.02 Å². The maximum absolute atomic E-state index is 13.2. The summed E-state index contributed by atoms with van der Waals surface area (Å²) >= 11 is 7.25. The maximum Gasteiger partial charge on any atom is 0.266 e. The van der Waals surface area contributed by atoms with E-state index in [1.54, 1.807) is 23.6 Å². The molecule has 0 aliphatic carbocycles. The maximum atomic E-state index is 13.2. The molecule has 0 saturated carbocycles. The number of halogens is 2. The lowest BCUT2D eigenvalue weighted by atomic mass is 10.2. The van der Waals surface area contributed by atoms with Crippen molar-refractivity contribution in [2.24, 2.45) is 0 Å². The molecule has 0 amide bonds. The van der Waals surface area contributed by atoms with Crippen molar-refractivity contribution >= 4 is 38.1 Å². The van der Waals surface area contributed by atoms with Crippen LogP contribution in [0.3, 0.4) is 0 Å². The molecule has 124 valence electrons. The molecular weight excluding hydrogens is 371 g/mol. The molecule has 0 atom stereocenters. The molecule has 0 spiro atoms. The molecule has 1 heterocycles. The van der Waals surface area contributed by atoms with Crippen molar-refractivity contribution in [3.05, 3.63) is 76.5 Å². The minimum Gasteiger partial charge on any atom is -0.237 e. The normalized spacial score (nSPS) is 11.4. The molecule has 0 fully saturated rings. The van der Waals surface area contributed by atoms with Gasteiger partial charge in [-0.2, -0.15) is 0 Å². The summed E-state index contributed by atoms with van der Waals surface area (Å²) in [5, 5.41) is 2.17. The largest absolute Gasteiger partial charge is 0.266 e. The average Bonchev–Trinajstić information content (AvgIpc) is 3.09. The summed E-state index contributed by atoms with van der Waals surface area (Å²) in [6, 6.07) is 11.9. The Kier molecular flexibility index (Phi) is 4.84. The molecule has 3 rings (SSSR count). The number of thiazole rings is 1. The number of rotatable bonds is 5. The predicted molar refractivity (Wildman–Crippen MR) is 93.3 cm³/mol. The van der Waals surface area contributed by atoms with Crippen molar-refractivity contribution in [3.63, 3.8) is 0 Å². The summed E-state index contributed by atoms with van der Waals surface area (Å²) in [5.74, 6) is -0.476. The van der Waals surface area contributed by atoms with Crippen molar-refractivity contribution in [2.75, 3.05) is 4.31 Å². The molecule has 3 aromatic rings. The van der Waals surface area contributed by atoms with E-state index in [1.165, 1.54) is 46.1 Å². The first kappa shape index (κ1) is 16.9. The van der Waals surface area contributed by atoms with Gasteiger partial charge < -0.3 is 0 Å². The van der Waals surface area contributed by atoms with Gasteiger partial charge in [0.15, 0.2) is 5.13 Å². The van der Waals surface area contributed by atoms with Crippen molar-refractivity contribution in [3.8, 4) is 0 Å². The number of aromatic nitrogens is 1. The van der Waals surface area contributed by atoms with E-state index in [9.17, 15) is 12.8 Å². The van der Waals surface area contributed by atoms with Crippen LogP contribution in [0.4, 0.5) is 9.52 Å². The third-order valence-corrected chi connectivity index (χ3v) is 6.30. The standard InChI is InChI=1S/C16H12ClFN2O2S2/c17-15-10-13(18)7-6-12(15)11-20(16-19-8-9-23-16)24(21,22)14-4-2-1-3-5-14/h1-10H,11H2. The van der Waals surface area contributed by atoms with E-state index >= 15 is 0 Å². The van der Waals surface area contributed by atoms with Crippen LogP contribution in [0.5, 0.6) is 0 Å². The van der Waals surface area contributed by atoms with Gasteiger partial charge in [-0.25, -0.2) is 22.1 Å². The van der Waals surface area contributed by atoms with E-state index in [0.29, 0.717) is 10.7 Å². The molecular formula is C16H12ClFN2O2S2. The summed E-state index contributed by atoms with van der Waals surface area (Å²) < 4.78 is 40.4. The fraction of sp³-hybridized carbons (Fsp3) is 0.0625. The molecule has 0 saturated heterocycles. The van der Waals surface area contributed by atoms with Gasteiger partial charge in [0.2, 0.25) is 0 Å². The van der Waals surface area contributed by atoms with Crippen molar-refractivity contribution < 1.29 is 12.8 Å². The van der Waals surface area contributed by atoms with E-state index in [2.05, 4.69) is 4.98 Å². The van der Waals surface area contributed by atoms with Crippen molar-refractivity contribution in [1.82, 2.24) is 4.98 Å². The average molecular weight is 383 g/mol. The summed E-state index contributed by atoms with van der Waals surface area (Å²) in [4.78, 5) is 4.25. The molecule has 0 N–H and O–H groups in total. The second-order valence-corrected chi connectivity index (χ2v) is 8.02. The fourth-order valence-corrected chi connectivity index (χ4v) is 4.63. The third-order valence-electron chi connectivity index (χ3n) is 3.29. The highest BCUT2D eigenvalue weighted by Gasteiger charge is 2.27. The Labute approximate surface area is 148 Å². The summed E-state index contributed by atoms with van der Waals surface area (Å²) in [6.07, 6.45) is 1.53. The Hall–Kier alpha value is -1.96. The summed E-state index contributed by atoms with van der Waals surface area (Å²) in [5.41, 5.74) is 0.493. The van der Waals surface area contributed by atoms with Crippen LogP contribution in [0, 0.1) is 5.82 Å². The van der Waals surface area contributed by atoms with Crippen LogP contribution < -0.4 is 4.31 Å². The molecule has 2 aromatic carbocycles. The van der Waals surface area contributed by atoms with Gasteiger partial charge in [-0.3, -0.25) is 0 Å². The van der Waals surface area contributed by atoms with Crippen LogP contribution >= 0.6 is 22.9 Å². The van der Waals surface area contributed by atoms with Gasteiger partial charge in [-0.1, -0.05) is 35.9 Å². The third kappa shape index (κ3) is 3.43. The zero-order chi connectivity index (χ0) is 17.2. The minimum atomic E-state index is -3.82. The predicted octanol–water partition coefficient (Wildman–Crippen LogP) is 4.33. The van der Waals surface area contributed by atoms with E-state index < -0.39 is 15.8 Å². The number of hydrogen-bond donors (Lipinski definition) is 0. The molecule has 1 aromatic heterocycles. The first-order chi connectivity index (χ1) is 11.5. The Morgan fingerprint density at radius 3 is 2.54 bits per heavy atom. The van der Waals surface area contributed by atoms with Crippen LogP contribution in [0.15, 0.2) is 65.0 Å². The van der Waals surface area contributed by atoms with Crippen LogP contribution in [-0.4, -0.2) is 13.4 Å². The SMILES string of the molecule is O=S(=O)(c1ccccc1)N(Cc1ccc(F)cc1Cl)c1nccs1. The minimum absolute atomic E-state index is 0.0378. The Morgan fingerprint density at radius 2 is 1.92 bits per heavy atom. The molecule has 0 aliphatic rings. The topological polar surface area (TPSA) is 50.3 Å². The fourth-order valence-electron chi connectivity index (χ4n) is 2.12. The van der Waals surface area contributed by atoms with Gasteiger partial charge in [0.25, 0.3) is 10.0 Å². The van der Waals surface area contributed by atoms with E-state index in [0.717, 1.165) is 6.07 Å². The molecule has 8 heteroatoms. The van der Waals surface area contributed by atoms with Crippen LogP contribution in [-0.2, 0) is 16.6 Å². The summed E-state index contributed by atoms with van der Waals surface area (Å²) in [6.45, 7) is -0.0378. The highest BCUT2D eigenvalue weighted by molar-refractivity contribution is 7.93. The number of benzene rings is 2. The number of anilines is 1. The zero-order valence-corrected chi connectivity index (χ0v) is 14.7. The highest BCUT2D eigenvalue weighted by atomic mass is 35.5. The Bertz CT molecular complexity index is 932. The van der Waals surface area contributed by atoms with E-state index in [-0.39, 0.29) is 16.5 Å². The second kappa shape index (κ2) is 6.88. The van der Waals surface area contributed by atoms with Crippen LogP contribution in [0.25, 0.3) is 0 Å². The van der Waals surface area contributed by atoms with Gasteiger partial charge in [0.05, 0.1) is 11.4 Å². The van der Waals surface area contributed by atoms with Crippen LogP contribution in [0.1, 0.15) is 5.56 Å². The lowest BCUT2D eigenvalue weighted by Crippen LogP contribution is -2.30. The smallest absolute Gasteiger partial charge is 0.237 e. The van der Waals surface area contributed by atoms with Gasteiger partial charge in [-0.05, 0) is 29.8 Å². The Morgan fingerprint density at radius 1 is 1.17 bits per heavy atom. The number of hydrogen-bond acceptors (Lipinski definition) is 4. The van der Waals surface area contributed by atoms with Gasteiger partial charge in [0, 0.05) is 16.6 Å². The molecule has 0 aliphatic heterocycles. The van der Waals surface area contributed by atoms with Crippen molar-refractivity contribution in [2.45, 2.75) is 11.4 Å². The lowest BCUT2D eigenvalue weighted by molar-refractivity contribution is 0.590. The van der Waals surface area contributed by atoms with Crippen molar-refractivity contribution in [1.29, 1.82) is 0 Å². The van der Waals surface area contributed by atoms with E-state index in [4.69, 9.17) is 11.6 Å². The molecule has 4 nitrogen and oxygen atoms in total. The quantitative estimate of drug-likeness (QED) is 0.659. The van der Waals surface area contributed by atoms with E-state index in [1.807, 2.05) is 0 Å². The van der Waals surface area contributed by atoms with Gasteiger partial charge in [-0.15, -0.1) is 11.3 Å². The monoisotopic (exact) mass is 382 g/mol. The highest BCUT2D eigenvalue weighted by Crippen LogP contribution is 2.29.